The van der Waals surface area contributed by atoms with Crippen molar-refractivity contribution in [2.45, 2.75) is 25.7 Å². The highest BCUT2D eigenvalue weighted by Gasteiger charge is 2.24. The van der Waals surface area contributed by atoms with Crippen LogP contribution in [0.2, 0.25) is 0 Å². The van der Waals surface area contributed by atoms with Crippen molar-refractivity contribution in [1.29, 1.82) is 0 Å². The second kappa shape index (κ2) is 8.69. The number of methoxy groups -OCH3 is 1. The fourth-order valence-corrected chi connectivity index (χ4v) is 3.24. The van der Waals surface area contributed by atoms with Crippen molar-refractivity contribution >= 4 is 5.91 Å². The van der Waals surface area contributed by atoms with Gasteiger partial charge in [0.15, 0.2) is 0 Å². The van der Waals surface area contributed by atoms with Gasteiger partial charge in [0.1, 0.15) is 23.7 Å². The number of hydrogen-bond acceptors (Lipinski definition) is 5. The molecule has 0 spiro atoms. The van der Waals surface area contributed by atoms with Gasteiger partial charge in [0.2, 0.25) is 5.91 Å². The van der Waals surface area contributed by atoms with Gasteiger partial charge in [-0.2, -0.15) is 0 Å². The van der Waals surface area contributed by atoms with Crippen molar-refractivity contribution in [3.05, 3.63) is 36.4 Å². The van der Waals surface area contributed by atoms with Crippen LogP contribution in [-0.4, -0.2) is 52.4 Å². The van der Waals surface area contributed by atoms with Gasteiger partial charge in [0, 0.05) is 45.0 Å². The highest BCUT2D eigenvalue weighted by Crippen LogP contribution is 2.22. The number of carbonyl (C=O) groups excluding carboxylic acids is 1. The Kier molecular flexibility index (Phi) is 6.09. The molecule has 1 aliphatic rings. The Morgan fingerprint density at radius 2 is 2.19 bits per heavy atom. The molecule has 0 radical (unpaired) electrons. The Bertz CT molecular complexity index is 731. The fraction of sp³-hybridized carbons (Fsp3) is 0.526. The number of piperidine rings is 1. The first-order valence-corrected chi connectivity index (χ1v) is 9.03. The molecule has 0 bridgehead atoms. The van der Waals surface area contributed by atoms with Crippen LogP contribution in [0.1, 0.15) is 25.1 Å². The van der Waals surface area contributed by atoms with Crippen LogP contribution in [0.3, 0.4) is 0 Å². The van der Waals surface area contributed by atoms with Crippen molar-refractivity contribution in [1.82, 2.24) is 19.7 Å². The van der Waals surface area contributed by atoms with E-state index in [2.05, 4.69) is 10.2 Å². The third-order valence-corrected chi connectivity index (χ3v) is 4.77. The van der Waals surface area contributed by atoms with Crippen LogP contribution < -0.4 is 9.47 Å². The molecular weight excluding hydrogens is 332 g/mol. The maximum Gasteiger partial charge on any atom is 0.223 e. The molecule has 0 saturated carbocycles. The second-order valence-electron chi connectivity index (χ2n) is 6.70. The Morgan fingerprint density at radius 1 is 1.35 bits per heavy atom. The number of aryl methyl sites for hydroxylation is 2. The average molecular weight is 358 g/mol. The largest absolute Gasteiger partial charge is 0.497 e. The van der Waals surface area contributed by atoms with Crippen molar-refractivity contribution in [3.63, 3.8) is 0 Å². The molecular formula is C19H26N4O3. The molecule has 7 heteroatoms. The Balaban J connectivity index is 1.47. The maximum atomic E-state index is 12.5. The first-order chi connectivity index (χ1) is 12.7. The minimum atomic E-state index is 0.180. The first-order valence-electron chi connectivity index (χ1n) is 9.03. The number of benzene rings is 1. The highest BCUT2D eigenvalue weighted by atomic mass is 16.5. The summed E-state index contributed by atoms with van der Waals surface area (Å²) < 4.78 is 13.0. The summed E-state index contributed by atoms with van der Waals surface area (Å²) in [5.74, 6) is 2.96. The van der Waals surface area contributed by atoms with Crippen molar-refractivity contribution in [2.24, 2.45) is 13.0 Å². The minimum Gasteiger partial charge on any atom is -0.497 e. The number of nitrogens with zero attached hydrogens (tertiary/aromatic N) is 4. The molecule has 1 saturated heterocycles. The zero-order valence-electron chi connectivity index (χ0n) is 15.4. The highest BCUT2D eigenvalue weighted by molar-refractivity contribution is 5.76. The van der Waals surface area contributed by atoms with Gasteiger partial charge in [-0.1, -0.05) is 6.07 Å². The summed E-state index contributed by atoms with van der Waals surface area (Å²) in [6.45, 7) is 2.19. The van der Waals surface area contributed by atoms with Crippen molar-refractivity contribution in [3.8, 4) is 11.5 Å². The Hall–Kier alpha value is -2.57. The van der Waals surface area contributed by atoms with Crippen LogP contribution in [0.25, 0.3) is 0 Å². The summed E-state index contributed by atoms with van der Waals surface area (Å²) in [5, 5.41) is 7.89. The second-order valence-corrected chi connectivity index (χ2v) is 6.70. The first kappa shape index (κ1) is 18.2. The minimum absolute atomic E-state index is 0.180. The van der Waals surface area contributed by atoms with Crippen LogP contribution in [0.15, 0.2) is 30.6 Å². The van der Waals surface area contributed by atoms with E-state index in [0.717, 1.165) is 43.3 Å². The standard InChI is InChI=1S/C19H26N4O3/c1-22-14-20-21-18(22)8-9-19(24)23-10-4-5-15(12-23)13-26-17-7-3-6-16(11-17)25-2/h3,6-7,11,14-15H,4-5,8-10,12-13H2,1-2H3. The van der Waals surface area contributed by atoms with Gasteiger partial charge in [-0.25, -0.2) is 0 Å². The van der Waals surface area contributed by atoms with E-state index in [9.17, 15) is 4.79 Å². The SMILES string of the molecule is COc1cccc(OCC2CCCN(C(=O)CCc3nncn3C)C2)c1. The molecule has 1 amide bonds. The molecule has 2 heterocycles. The smallest absolute Gasteiger partial charge is 0.223 e. The Labute approximate surface area is 153 Å². The lowest BCUT2D eigenvalue weighted by Gasteiger charge is -2.32. The summed E-state index contributed by atoms with van der Waals surface area (Å²) in [6.07, 6.45) is 4.85. The molecule has 3 rings (SSSR count). The average Bonchev–Trinajstić information content (AvgIpc) is 3.09. The number of likely N-dealkylation sites (tertiary alicyclic amines) is 1. The lowest BCUT2D eigenvalue weighted by atomic mass is 9.98. The van der Waals surface area contributed by atoms with Gasteiger partial charge >= 0.3 is 0 Å². The molecule has 1 fully saturated rings. The number of carbonyl (C=O) groups is 1. The maximum absolute atomic E-state index is 12.5. The van der Waals surface area contributed by atoms with E-state index in [1.807, 2.05) is 40.8 Å². The van der Waals surface area contributed by atoms with E-state index in [1.165, 1.54) is 0 Å². The number of aromatic nitrogens is 3. The molecule has 0 N–H and O–H groups in total. The predicted octanol–water partition coefficient (Wildman–Crippen LogP) is 2.07. The van der Waals surface area contributed by atoms with Gasteiger partial charge in [-0.05, 0) is 25.0 Å². The molecule has 140 valence electrons. The number of hydrogen-bond donors (Lipinski definition) is 0. The van der Waals surface area contributed by atoms with Crippen LogP contribution in [0.4, 0.5) is 0 Å². The van der Waals surface area contributed by atoms with Crippen LogP contribution >= 0.6 is 0 Å². The summed E-state index contributed by atoms with van der Waals surface area (Å²) in [7, 11) is 3.54. The van der Waals surface area contributed by atoms with Crippen molar-refractivity contribution in [2.75, 3.05) is 26.8 Å². The van der Waals surface area contributed by atoms with E-state index in [-0.39, 0.29) is 5.91 Å². The fourth-order valence-electron chi connectivity index (χ4n) is 3.24. The molecule has 2 aromatic rings. The van der Waals surface area contributed by atoms with E-state index < -0.39 is 0 Å². The number of ether oxygens (including phenoxy) is 2. The topological polar surface area (TPSA) is 69.5 Å². The molecule has 1 unspecified atom stereocenters. The molecule has 1 aromatic carbocycles. The lowest BCUT2D eigenvalue weighted by molar-refractivity contribution is -0.133. The monoisotopic (exact) mass is 358 g/mol. The molecule has 1 aromatic heterocycles. The summed E-state index contributed by atoms with van der Waals surface area (Å²) in [4.78, 5) is 14.5. The van der Waals surface area contributed by atoms with Gasteiger partial charge in [0.05, 0.1) is 13.7 Å². The third kappa shape index (κ3) is 4.74. The molecule has 1 aliphatic heterocycles. The van der Waals surface area contributed by atoms with Crippen LogP contribution in [0, 0.1) is 5.92 Å². The van der Waals surface area contributed by atoms with E-state index >= 15 is 0 Å². The summed E-state index contributed by atoms with van der Waals surface area (Å²) >= 11 is 0. The Morgan fingerprint density at radius 3 is 2.96 bits per heavy atom. The van der Waals surface area contributed by atoms with E-state index in [4.69, 9.17) is 9.47 Å². The normalized spacial score (nSPS) is 17.2. The summed E-state index contributed by atoms with van der Waals surface area (Å²) in [6, 6.07) is 7.62. The molecule has 26 heavy (non-hydrogen) atoms. The number of rotatable bonds is 7. The molecule has 1 atom stereocenters. The van der Waals surface area contributed by atoms with Crippen molar-refractivity contribution < 1.29 is 14.3 Å². The quantitative estimate of drug-likeness (QED) is 0.758. The van der Waals surface area contributed by atoms with Gasteiger partial charge in [-0.15, -0.1) is 10.2 Å². The van der Waals surface area contributed by atoms with Crippen LogP contribution in [0.5, 0.6) is 11.5 Å². The van der Waals surface area contributed by atoms with Crippen LogP contribution in [-0.2, 0) is 18.3 Å². The van der Waals surface area contributed by atoms with Gasteiger partial charge in [0.25, 0.3) is 0 Å². The molecule has 0 aliphatic carbocycles. The predicted molar refractivity (Wildman–Crippen MR) is 97.1 cm³/mol. The molecule has 7 nitrogen and oxygen atoms in total. The van der Waals surface area contributed by atoms with Gasteiger partial charge < -0.3 is 18.9 Å². The van der Waals surface area contributed by atoms with E-state index in [1.54, 1.807) is 13.4 Å². The zero-order valence-corrected chi connectivity index (χ0v) is 15.4. The summed E-state index contributed by atoms with van der Waals surface area (Å²) in [5.41, 5.74) is 0. The third-order valence-electron chi connectivity index (χ3n) is 4.77. The van der Waals surface area contributed by atoms with Gasteiger partial charge in [-0.3, -0.25) is 4.79 Å². The van der Waals surface area contributed by atoms with E-state index in [0.29, 0.717) is 25.4 Å². The number of amides is 1. The zero-order chi connectivity index (χ0) is 18.4. The lowest BCUT2D eigenvalue weighted by Crippen LogP contribution is -2.41.